The van der Waals surface area contributed by atoms with Crippen molar-refractivity contribution in [2.24, 2.45) is 0 Å². The van der Waals surface area contributed by atoms with E-state index >= 15 is 0 Å². The normalized spacial score (nSPS) is 15.9. The summed E-state index contributed by atoms with van der Waals surface area (Å²) in [6.45, 7) is 6.19. The van der Waals surface area contributed by atoms with Gasteiger partial charge in [0.05, 0.1) is 30.9 Å². The van der Waals surface area contributed by atoms with Gasteiger partial charge in [-0.3, -0.25) is 4.79 Å². The standard InChI is InChI=1S/C15H22N2O4/c1-3-20-11-5-6-13(21-4-2)12(7-11)17-15(8-14(18)19)9-16-10-15/h5-7,16-17H,3-4,8-10H2,1-2H3,(H,18,19). The largest absolute Gasteiger partial charge is 0.494 e. The molecule has 0 radical (unpaired) electrons. The van der Waals surface area contributed by atoms with Crippen LogP contribution < -0.4 is 20.1 Å². The average molecular weight is 294 g/mol. The summed E-state index contributed by atoms with van der Waals surface area (Å²) in [5, 5.41) is 15.5. The molecule has 0 atom stereocenters. The minimum Gasteiger partial charge on any atom is -0.494 e. The molecule has 0 unspecified atom stereocenters. The Morgan fingerprint density at radius 3 is 2.57 bits per heavy atom. The van der Waals surface area contributed by atoms with Gasteiger partial charge in [-0.05, 0) is 26.0 Å². The topological polar surface area (TPSA) is 79.8 Å². The third-order valence-corrected chi connectivity index (χ3v) is 3.38. The van der Waals surface area contributed by atoms with E-state index in [-0.39, 0.29) is 6.42 Å². The van der Waals surface area contributed by atoms with Crippen molar-refractivity contribution in [3.05, 3.63) is 18.2 Å². The van der Waals surface area contributed by atoms with Crippen molar-refractivity contribution < 1.29 is 19.4 Å². The van der Waals surface area contributed by atoms with Crippen LogP contribution in [-0.2, 0) is 4.79 Å². The first-order valence-corrected chi connectivity index (χ1v) is 7.19. The Bertz CT molecular complexity index is 500. The van der Waals surface area contributed by atoms with E-state index in [1.165, 1.54) is 0 Å². The summed E-state index contributed by atoms with van der Waals surface area (Å²) >= 11 is 0. The maximum atomic E-state index is 11.1. The second-order valence-electron chi connectivity index (χ2n) is 5.10. The molecule has 1 aliphatic heterocycles. The van der Waals surface area contributed by atoms with Crippen LogP contribution in [0.3, 0.4) is 0 Å². The van der Waals surface area contributed by atoms with Gasteiger partial charge in [0.15, 0.2) is 0 Å². The van der Waals surface area contributed by atoms with E-state index in [0.717, 1.165) is 11.4 Å². The molecule has 1 fully saturated rings. The number of rotatable bonds is 8. The predicted molar refractivity (Wildman–Crippen MR) is 80.3 cm³/mol. The summed E-state index contributed by atoms with van der Waals surface area (Å²) in [6.07, 6.45) is 0.0599. The molecule has 6 nitrogen and oxygen atoms in total. The molecule has 3 N–H and O–H groups in total. The molecule has 1 saturated heterocycles. The van der Waals surface area contributed by atoms with E-state index in [1.807, 2.05) is 32.0 Å². The Balaban J connectivity index is 2.22. The number of carboxylic acid groups (broad SMARTS) is 1. The van der Waals surface area contributed by atoms with Gasteiger partial charge in [-0.1, -0.05) is 0 Å². The number of hydrogen-bond donors (Lipinski definition) is 3. The summed E-state index contributed by atoms with van der Waals surface area (Å²) in [5.74, 6) is 0.627. The van der Waals surface area contributed by atoms with E-state index in [4.69, 9.17) is 14.6 Å². The Hall–Kier alpha value is -1.95. The lowest BCUT2D eigenvalue weighted by atomic mass is 9.88. The van der Waals surface area contributed by atoms with Gasteiger partial charge in [0.1, 0.15) is 11.5 Å². The molecule has 0 aromatic heterocycles. The lowest BCUT2D eigenvalue weighted by Crippen LogP contribution is -2.65. The lowest BCUT2D eigenvalue weighted by Gasteiger charge is -2.43. The zero-order valence-electron chi connectivity index (χ0n) is 12.4. The maximum absolute atomic E-state index is 11.1. The van der Waals surface area contributed by atoms with Crippen molar-refractivity contribution in [3.8, 4) is 11.5 Å². The number of benzene rings is 1. The Kier molecular flexibility index (Phi) is 4.90. The first kappa shape index (κ1) is 15.4. The summed E-state index contributed by atoms with van der Waals surface area (Å²) in [6, 6.07) is 5.55. The van der Waals surface area contributed by atoms with E-state index in [2.05, 4.69) is 10.6 Å². The number of anilines is 1. The fourth-order valence-electron chi connectivity index (χ4n) is 2.40. The fourth-order valence-corrected chi connectivity index (χ4v) is 2.40. The molecule has 0 amide bonds. The zero-order chi connectivity index (χ0) is 15.3. The van der Waals surface area contributed by atoms with Crippen LogP contribution in [0.5, 0.6) is 11.5 Å². The van der Waals surface area contributed by atoms with E-state index in [9.17, 15) is 4.79 Å². The Morgan fingerprint density at radius 1 is 1.33 bits per heavy atom. The minimum atomic E-state index is -0.817. The molecular formula is C15H22N2O4. The molecule has 21 heavy (non-hydrogen) atoms. The lowest BCUT2D eigenvalue weighted by molar-refractivity contribution is -0.138. The van der Waals surface area contributed by atoms with Crippen LogP contribution in [-0.4, -0.2) is 42.9 Å². The van der Waals surface area contributed by atoms with E-state index in [1.54, 1.807) is 0 Å². The molecule has 0 spiro atoms. The molecule has 0 aliphatic carbocycles. The molecule has 0 saturated carbocycles. The third kappa shape index (κ3) is 3.78. The van der Waals surface area contributed by atoms with Gasteiger partial charge in [0.2, 0.25) is 0 Å². The van der Waals surface area contributed by atoms with Crippen molar-refractivity contribution >= 4 is 11.7 Å². The summed E-state index contributed by atoms with van der Waals surface area (Å²) in [5.41, 5.74) is 0.299. The Morgan fingerprint density at radius 2 is 2.05 bits per heavy atom. The summed E-state index contributed by atoms with van der Waals surface area (Å²) in [7, 11) is 0. The quantitative estimate of drug-likeness (QED) is 0.677. The fraction of sp³-hybridized carbons (Fsp3) is 0.533. The number of hydrogen-bond acceptors (Lipinski definition) is 5. The summed E-state index contributed by atoms with van der Waals surface area (Å²) in [4.78, 5) is 11.1. The predicted octanol–water partition coefficient (Wildman–Crippen LogP) is 1.71. The minimum absolute atomic E-state index is 0.0599. The molecule has 6 heteroatoms. The van der Waals surface area contributed by atoms with Crippen LogP contribution in [0.25, 0.3) is 0 Å². The van der Waals surface area contributed by atoms with Crippen LogP contribution in [0.2, 0.25) is 0 Å². The smallest absolute Gasteiger partial charge is 0.305 e. The molecule has 1 aromatic carbocycles. The van der Waals surface area contributed by atoms with Crippen molar-refractivity contribution in [3.63, 3.8) is 0 Å². The monoisotopic (exact) mass is 294 g/mol. The molecular weight excluding hydrogens is 272 g/mol. The first-order valence-electron chi connectivity index (χ1n) is 7.19. The van der Waals surface area contributed by atoms with Gasteiger partial charge >= 0.3 is 5.97 Å². The highest BCUT2D eigenvalue weighted by Gasteiger charge is 2.39. The molecule has 1 aromatic rings. The molecule has 1 aliphatic rings. The van der Waals surface area contributed by atoms with Crippen LogP contribution in [0.15, 0.2) is 18.2 Å². The third-order valence-electron chi connectivity index (χ3n) is 3.38. The van der Waals surface area contributed by atoms with Crippen molar-refractivity contribution in [2.45, 2.75) is 25.8 Å². The van der Waals surface area contributed by atoms with Crippen LogP contribution >= 0.6 is 0 Å². The second-order valence-corrected chi connectivity index (χ2v) is 5.10. The number of nitrogens with one attached hydrogen (secondary N) is 2. The Labute approximate surface area is 124 Å². The zero-order valence-corrected chi connectivity index (χ0v) is 12.4. The average Bonchev–Trinajstić information content (AvgIpc) is 2.39. The van der Waals surface area contributed by atoms with Gasteiger partial charge < -0.3 is 25.2 Å². The van der Waals surface area contributed by atoms with Crippen LogP contribution in [0.4, 0.5) is 5.69 Å². The van der Waals surface area contributed by atoms with E-state index < -0.39 is 11.5 Å². The number of aliphatic carboxylic acids is 1. The number of carboxylic acids is 1. The van der Waals surface area contributed by atoms with Gasteiger partial charge in [-0.25, -0.2) is 0 Å². The van der Waals surface area contributed by atoms with Gasteiger partial charge in [0, 0.05) is 19.2 Å². The molecule has 0 bridgehead atoms. The van der Waals surface area contributed by atoms with Crippen molar-refractivity contribution in [1.29, 1.82) is 0 Å². The van der Waals surface area contributed by atoms with Crippen LogP contribution in [0, 0.1) is 0 Å². The van der Waals surface area contributed by atoms with Crippen molar-refractivity contribution in [1.82, 2.24) is 5.32 Å². The highest BCUT2D eigenvalue weighted by molar-refractivity contribution is 5.71. The number of carbonyl (C=O) groups is 1. The second kappa shape index (κ2) is 6.67. The highest BCUT2D eigenvalue weighted by Crippen LogP contribution is 2.33. The molecule has 1 heterocycles. The molecule has 116 valence electrons. The van der Waals surface area contributed by atoms with E-state index in [0.29, 0.717) is 32.1 Å². The van der Waals surface area contributed by atoms with Gasteiger partial charge in [0.25, 0.3) is 0 Å². The van der Waals surface area contributed by atoms with Crippen LogP contribution in [0.1, 0.15) is 20.3 Å². The molecule has 2 rings (SSSR count). The SMILES string of the molecule is CCOc1ccc(OCC)c(NC2(CC(=O)O)CNC2)c1. The first-order chi connectivity index (χ1) is 10.1. The van der Waals surface area contributed by atoms with Gasteiger partial charge in [-0.15, -0.1) is 0 Å². The summed E-state index contributed by atoms with van der Waals surface area (Å²) < 4.78 is 11.1. The highest BCUT2D eigenvalue weighted by atomic mass is 16.5. The van der Waals surface area contributed by atoms with Gasteiger partial charge in [-0.2, -0.15) is 0 Å². The maximum Gasteiger partial charge on any atom is 0.305 e. The number of ether oxygens (including phenoxy) is 2. The van der Waals surface area contributed by atoms with Crippen molar-refractivity contribution in [2.75, 3.05) is 31.6 Å².